The molecule has 2 unspecified atom stereocenters. The van der Waals surface area contributed by atoms with E-state index in [0.29, 0.717) is 23.0 Å². The number of carbonyl (C=O) groups is 1. The van der Waals surface area contributed by atoms with E-state index in [9.17, 15) is 4.79 Å². The van der Waals surface area contributed by atoms with Crippen LogP contribution in [-0.2, 0) is 4.79 Å². The Bertz CT molecular complexity index is 451. The van der Waals surface area contributed by atoms with Gasteiger partial charge in [0.2, 0.25) is 5.91 Å². The molecule has 2 atom stereocenters. The van der Waals surface area contributed by atoms with Gasteiger partial charge in [-0.05, 0) is 38.0 Å². The third kappa shape index (κ3) is 5.70. The minimum absolute atomic E-state index is 0.0706. The van der Waals surface area contributed by atoms with Crippen LogP contribution in [0.5, 0.6) is 0 Å². The van der Waals surface area contributed by atoms with Crippen LogP contribution in [0.3, 0.4) is 0 Å². The van der Waals surface area contributed by atoms with E-state index in [2.05, 4.69) is 10.6 Å². The van der Waals surface area contributed by atoms with Crippen LogP contribution in [0.15, 0.2) is 18.2 Å². The summed E-state index contributed by atoms with van der Waals surface area (Å²) in [6.45, 7) is 6.68. The second kappa shape index (κ2) is 8.50. The molecule has 0 saturated heterocycles. The van der Waals surface area contributed by atoms with Gasteiger partial charge in [-0.2, -0.15) is 0 Å². The first-order valence-corrected chi connectivity index (χ1v) is 7.67. The summed E-state index contributed by atoms with van der Waals surface area (Å²) in [5.74, 6) is 0.0706. The molecule has 0 bridgehead atoms. The van der Waals surface area contributed by atoms with Crippen molar-refractivity contribution in [3.8, 4) is 0 Å². The van der Waals surface area contributed by atoms with Gasteiger partial charge in [-0.15, -0.1) is 0 Å². The van der Waals surface area contributed by atoms with Gasteiger partial charge in [0, 0.05) is 35.1 Å². The van der Waals surface area contributed by atoms with E-state index in [1.54, 1.807) is 6.07 Å². The Morgan fingerprint density at radius 3 is 2.60 bits per heavy atom. The molecule has 1 aromatic rings. The van der Waals surface area contributed by atoms with E-state index in [0.717, 1.165) is 12.0 Å². The third-order valence-electron chi connectivity index (χ3n) is 3.25. The number of halogens is 2. The van der Waals surface area contributed by atoms with Crippen molar-refractivity contribution < 1.29 is 4.79 Å². The van der Waals surface area contributed by atoms with E-state index in [1.165, 1.54) is 0 Å². The Hall–Kier alpha value is -0.770. The maximum atomic E-state index is 11.6. The molecule has 0 fully saturated rings. The molecule has 0 aliphatic rings. The van der Waals surface area contributed by atoms with Gasteiger partial charge in [-0.3, -0.25) is 4.79 Å². The summed E-state index contributed by atoms with van der Waals surface area (Å²) in [6, 6.07) is 5.76. The van der Waals surface area contributed by atoms with Crippen molar-refractivity contribution in [3.63, 3.8) is 0 Å². The van der Waals surface area contributed by atoms with Crippen molar-refractivity contribution >= 4 is 29.1 Å². The number of carbonyl (C=O) groups excluding carboxylic acids is 1. The minimum atomic E-state index is 0.0706. The van der Waals surface area contributed by atoms with Crippen molar-refractivity contribution in [2.45, 2.75) is 45.7 Å². The first-order valence-electron chi connectivity index (χ1n) is 6.91. The highest BCUT2D eigenvalue weighted by atomic mass is 35.5. The smallest absolute Gasteiger partial charge is 0.221 e. The SMILES string of the molecule is CCC(C)NC(=O)CCNC(C)c1ccc(Cl)cc1Cl. The molecule has 5 heteroatoms. The van der Waals surface area contributed by atoms with E-state index in [4.69, 9.17) is 23.2 Å². The van der Waals surface area contributed by atoms with E-state index in [-0.39, 0.29) is 18.0 Å². The number of benzene rings is 1. The molecule has 2 N–H and O–H groups in total. The van der Waals surface area contributed by atoms with Crippen LogP contribution in [0.25, 0.3) is 0 Å². The number of rotatable bonds is 7. The molecular formula is C15H22Cl2N2O. The van der Waals surface area contributed by atoms with Crippen LogP contribution in [0, 0.1) is 0 Å². The summed E-state index contributed by atoms with van der Waals surface area (Å²) in [6.07, 6.45) is 1.40. The zero-order valence-corrected chi connectivity index (χ0v) is 13.7. The number of nitrogens with one attached hydrogen (secondary N) is 2. The molecule has 0 heterocycles. The fraction of sp³-hybridized carbons (Fsp3) is 0.533. The van der Waals surface area contributed by atoms with Crippen LogP contribution in [0.2, 0.25) is 10.0 Å². The second-order valence-corrected chi connectivity index (χ2v) is 5.81. The van der Waals surface area contributed by atoms with Crippen molar-refractivity contribution in [1.82, 2.24) is 10.6 Å². The monoisotopic (exact) mass is 316 g/mol. The Balaban J connectivity index is 2.40. The molecule has 20 heavy (non-hydrogen) atoms. The van der Waals surface area contributed by atoms with Crippen LogP contribution < -0.4 is 10.6 Å². The molecule has 0 spiro atoms. The van der Waals surface area contributed by atoms with Crippen LogP contribution in [-0.4, -0.2) is 18.5 Å². The average Bonchev–Trinajstić information content (AvgIpc) is 2.38. The Morgan fingerprint density at radius 2 is 2.00 bits per heavy atom. The van der Waals surface area contributed by atoms with Gasteiger partial charge < -0.3 is 10.6 Å². The average molecular weight is 317 g/mol. The predicted octanol–water partition coefficient (Wildman–Crippen LogP) is 3.95. The lowest BCUT2D eigenvalue weighted by Gasteiger charge is -2.16. The summed E-state index contributed by atoms with van der Waals surface area (Å²) < 4.78 is 0. The highest BCUT2D eigenvalue weighted by Gasteiger charge is 2.11. The van der Waals surface area contributed by atoms with Gasteiger partial charge in [0.1, 0.15) is 0 Å². The van der Waals surface area contributed by atoms with Crippen molar-refractivity contribution in [1.29, 1.82) is 0 Å². The molecule has 1 aromatic carbocycles. The first kappa shape index (κ1) is 17.3. The van der Waals surface area contributed by atoms with Gasteiger partial charge >= 0.3 is 0 Å². The maximum Gasteiger partial charge on any atom is 0.221 e. The molecule has 1 rings (SSSR count). The van der Waals surface area contributed by atoms with Gasteiger partial charge in [0.15, 0.2) is 0 Å². The molecule has 112 valence electrons. The van der Waals surface area contributed by atoms with Crippen LogP contribution in [0.4, 0.5) is 0 Å². The van der Waals surface area contributed by atoms with E-state index >= 15 is 0 Å². The summed E-state index contributed by atoms with van der Waals surface area (Å²) in [5.41, 5.74) is 0.985. The van der Waals surface area contributed by atoms with Crippen molar-refractivity contribution in [3.05, 3.63) is 33.8 Å². The molecule has 0 radical (unpaired) electrons. The largest absolute Gasteiger partial charge is 0.354 e. The molecule has 3 nitrogen and oxygen atoms in total. The highest BCUT2D eigenvalue weighted by molar-refractivity contribution is 6.35. The number of amides is 1. The number of hydrogen-bond donors (Lipinski definition) is 2. The van der Waals surface area contributed by atoms with Gasteiger partial charge in [0.25, 0.3) is 0 Å². The molecule has 0 aromatic heterocycles. The second-order valence-electron chi connectivity index (χ2n) is 4.97. The number of hydrogen-bond acceptors (Lipinski definition) is 2. The normalized spacial score (nSPS) is 13.8. The first-order chi connectivity index (χ1) is 9.43. The van der Waals surface area contributed by atoms with Crippen LogP contribution in [0.1, 0.15) is 45.2 Å². The molecule has 0 aliphatic heterocycles. The van der Waals surface area contributed by atoms with Crippen molar-refractivity contribution in [2.24, 2.45) is 0 Å². The lowest BCUT2D eigenvalue weighted by molar-refractivity contribution is -0.121. The molecular weight excluding hydrogens is 295 g/mol. The molecule has 0 aliphatic carbocycles. The van der Waals surface area contributed by atoms with Gasteiger partial charge in [-0.25, -0.2) is 0 Å². The van der Waals surface area contributed by atoms with E-state index < -0.39 is 0 Å². The zero-order chi connectivity index (χ0) is 15.1. The van der Waals surface area contributed by atoms with Gasteiger partial charge in [-0.1, -0.05) is 36.2 Å². The standard InChI is InChI=1S/C15H22Cl2N2O/c1-4-10(2)19-15(20)7-8-18-11(3)13-6-5-12(16)9-14(13)17/h5-6,9-11,18H,4,7-8H2,1-3H3,(H,19,20). The quantitative estimate of drug-likeness (QED) is 0.799. The highest BCUT2D eigenvalue weighted by Crippen LogP contribution is 2.25. The maximum absolute atomic E-state index is 11.6. The Morgan fingerprint density at radius 1 is 1.30 bits per heavy atom. The minimum Gasteiger partial charge on any atom is -0.354 e. The summed E-state index contributed by atoms with van der Waals surface area (Å²) in [7, 11) is 0. The Kier molecular flexibility index (Phi) is 7.35. The summed E-state index contributed by atoms with van der Waals surface area (Å²) in [5, 5.41) is 7.50. The topological polar surface area (TPSA) is 41.1 Å². The van der Waals surface area contributed by atoms with Gasteiger partial charge in [0.05, 0.1) is 0 Å². The fourth-order valence-corrected chi connectivity index (χ4v) is 2.39. The van der Waals surface area contributed by atoms with Crippen molar-refractivity contribution in [2.75, 3.05) is 6.54 Å². The van der Waals surface area contributed by atoms with E-state index in [1.807, 2.05) is 32.9 Å². The molecule has 1 amide bonds. The lowest BCUT2D eigenvalue weighted by atomic mass is 10.1. The fourth-order valence-electron chi connectivity index (χ4n) is 1.81. The van der Waals surface area contributed by atoms with Crippen LogP contribution >= 0.6 is 23.2 Å². The predicted molar refractivity (Wildman–Crippen MR) is 85.4 cm³/mol. The summed E-state index contributed by atoms with van der Waals surface area (Å²) in [4.78, 5) is 11.6. The lowest BCUT2D eigenvalue weighted by Crippen LogP contribution is -2.34. The summed E-state index contributed by atoms with van der Waals surface area (Å²) >= 11 is 12.0. The Labute approximate surface area is 131 Å². The zero-order valence-electron chi connectivity index (χ0n) is 12.2. The third-order valence-corrected chi connectivity index (χ3v) is 3.81. The molecule has 0 saturated carbocycles.